The first-order chi connectivity index (χ1) is 16.1. The third kappa shape index (κ3) is 4.46. The molecule has 0 aliphatic carbocycles. The Labute approximate surface area is 195 Å². The number of hydrogen-bond acceptors (Lipinski definition) is 7. The lowest BCUT2D eigenvalue weighted by molar-refractivity contribution is -0.120. The maximum atomic E-state index is 14.3. The van der Waals surface area contributed by atoms with Gasteiger partial charge in [0, 0.05) is 25.1 Å². The fraction of sp³-hybridized carbons (Fsp3) is 0.217. The standard InChI is InChI=1S/C23H21FN4O5S/c1-13-11-25-21(27-20(13)15-6-4-5-7-16(15)24)22(29)26-17-12-33-19-9-8-14(34(3,31)32)10-18(19)28(2)23(17)30/h4-11,17H,12H2,1-3H3,(H,26,29). The molecule has 1 aliphatic heterocycles. The second-order valence-corrected chi connectivity index (χ2v) is 9.86. The minimum absolute atomic E-state index is 0.0331. The van der Waals surface area contributed by atoms with E-state index in [4.69, 9.17) is 4.74 Å². The zero-order valence-electron chi connectivity index (χ0n) is 18.6. The number of ether oxygens (including phenoxy) is 1. The highest BCUT2D eigenvalue weighted by molar-refractivity contribution is 7.90. The van der Waals surface area contributed by atoms with Crippen LogP contribution >= 0.6 is 0 Å². The zero-order chi connectivity index (χ0) is 24.6. The zero-order valence-corrected chi connectivity index (χ0v) is 19.4. The minimum Gasteiger partial charge on any atom is -0.489 e. The van der Waals surface area contributed by atoms with Gasteiger partial charge in [0.05, 0.1) is 16.3 Å². The van der Waals surface area contributed by atoms with E-state index in [9.17, 15) is 22.4 Å². The van der Waals surface area contributed by atoms with E-state index in [-0.39, 0.29) is 34.3 Å². The van der Waals surface area contributed by atoms with E-state index >= 15 is 0 Å². The molecule has 1 aromatic heterocycles. The van der Waals surface area contributed by atoms with Crippen LogP contribution in [0.1, 0.15) is 16.2 Å². The average Bonchev–Trinajstić information content (AvgIpc) is 2.91. The highest BCUT2D eigenvalue weighted by atomic mass is 32.2. The summed E-state index contributed by atoms with van der Waals surface area (Å²) in [6.07, 6.45) is 2.47. The van der Waals surface area contributed by atoms with Gasteiger partial charge in [-0.3, -0.25) is 9.59 Å². The molecule has 1 unspecified atom stereocenters. The number of carbonyl (C=O) groups is 2. The van der Waals surface area contributed by atoms with Gasteiger partial charge in [0.1, 0.15) is 24.2 Å². The van der Waals surface area contributed by atoms with Crippen LogP contribution < -0.4 is 15.0 Å². The number of benzene rings is 2. The molecule has 9 nitrogen and oxygen atoms in total. The molecular weight excluding hydrogens is 463 g/mol. The maximum absolute atomic E-state index is 14.3. The van der Waals surface area contributed by atoms with Gasteiger partial charge in [-0.05, 0) is 42.8 Å². The first-order valence-electron chi connectivity index (χ1n) is 10.2. The van der Waals surface area contributed by atoms with Crippen molar-refractivity contribution in [3.63, 3.8) is 0 Å². The van der Waals surface area contributed by atoms with Crippen LogP contribution in [0.4, 0.5) is 10.1 Å². The van der Waals surface area contributed by atoms with E-state index in [1.54, 1.807) is 25.1 Å². The van der Waals surface area contributed by atoms with E-state index in [0.29, 0.717) is 11.3 Å². The Balaban J connectivity index is 1.59. The predicted molar refractivity (Wildman–Crippen MR) is 122 cm³/mol. The highest BCUT2D eigenvalue weighted by Gasteiger charge is 2.32. The van der Waals surface area contributed by atoms with E-state index in [0.717, 1.165) is 6.26 Å². The molecule has 1 aliphatic rings. The van der Waals surface area contributed by atoms with Crippen molar-refractivity contribution in [1.82, 2.24) is 15.3 Å². The van der Waals surface area contributed by atoms with Gasteiger partial charge in [-0.15, -0.1) is 0 Å². The summed E-state index contributed by atoms with van der Waals surface area (Å²) in [5.41, 5.74) is 1.33. The van der Waals surface area contributed by atoms with Gasteiger partial charge in [-0.2, -0.15) is 0 Å². The van der Waals surface area contributed by atoms with Crippen molar-refractivity contribution in [2.24, 2.45) is 0 Å². The van der Waals surface area contributed by atoms with Crippen LogP contribution in [0.2, 0.25) is 0 Å². The Bertz CT molecular complexity index is 1410. The number of nitrogens with zero attached hydrogens (tertiary/aromatic N) is 3. The van der Waals surface area contributed by atoms with Crippen molar-refractivity contribution in [3.8, 4) is 17.0 Å². The van der Waals surface area contributed by atoms with Gasteiger partial charge in [0.25, 0.3) is 11.8 Å². The molecule has 0 fully saturated rings. The van der Waals surface area contributed by atoms with Crippen LogP contribution in [-0.4, -0.2) is 56.2 Å². The van der Waals surface area contributed by atoms with E-state index in [1.807, 2.05) is 0 Å². The Hall–Kier alpha value is -3.86. The number of aryl methyl sites for hydroxylation is 1. The third-order valence-electron chi connectivity index (χ3n) is 5.36. The molecule has 0 saturated carbocycles. The van der Waals surface area contributed by atoms with Gasteiger partial charge in [-0.1, -0.05) is 12.1 Å². The van der Waals surface area contributed by atoms with Crippen molar-refractivity contribution in [3.05, 3.63) is 65.9 Å². The van der Waals surface area contributed by atoms with Crippen LogP contribution in [0, 0.1) is 12.7 Å². The Kier molecular flexibility index (Phi) is 6.05. The molecule has 0 radical (unpaired) electrons. The van der Waals surface area contributed by atoms with E-state index in [2.05, 4.69) is 15.3 Å². The second kappa shape index (κ2) is 8.82. The van der Waals surface area contributed by atoms with Crippen LogP contribution in [0.15, 0.2) is 53.6 Å². The first kappa shape index (κ1) is 23.3. The first-order valence-corrected chi connectivity index (χ1v) is 12.1. The largest absolute Gasteiger partial charge is 0.489 e. The average molecular weight is 485 g/mol. The summed E-state index contributed by atoms with van der Waals surface area (Å²) in [5.74, 6) is -1.68. The summed E-state index contributed by atoms with van der Waals surface area (Å²) in [7, 11) is -2.04. The van der Waals surface area contributed by atoms with E-state index < -0.39 is 33.5 Å². The summed E-state index contributed by atoms with van der Waals surface area (Å²) < 4.78 is 43.7. The number of fused-ring (bicyclic) bond motifs is 1. The normalized spacial score (nSPS) is 15.8. The predicted octanol–water partition coefficient (Wildman–Crippen LogP) is 2.15. The maximum Gasteiger partial charge on any atom is 0.289 e. The number of anilines is 1. The fourth-order valence-electron chi connectivity index (χ4n) is 3.51. The lowest BCUT2D eigenvalue weighted by atomic mass is 10.1. The van der Waals surface area contributed by atoms with Crippen molar-refractivity contribution in [1.29, 1.82) is 0 Å². The number of likely N-dealkylation sites (N-methyl/N-ethyl adjacent to an activating group) is 1. The Morgan fingerprint density at radius 3 is 2.68 bits per heavy atom. The lowest BCUT2D eigenvalue weighted by Crippen LogP contribution is -2.49. The Morgan fingerprint density at radius 1 is 1.24 bits per heavy atom. The molecule has 2 heterocycles. The number of rotatable bonds is 4. The smallest absolute Gasteiger partial charge is 0.289 e. The molecule has 1 N–H and O–H groups in total. The summed E-state index contributed by atoms with van der Waals surface area (Å²) in [6, 6.07) is 9.15. The van der Waals surface area contributed by atoms with Crippen molar-refractivity contribution in [2.75, 3.05) is 24.8 Å². The molecule has 0 spiro atoms. The van der Waals surface area contributed by atoms with Gasteiger partial charge in [0.15, 0.2) is 9.84 Å². The van der Waals surface area contributed by atoms with Crippen molar-refractivity contribution < 1.29 is 27.1 Å². The SMILES string of the molecule is Cc1cnc(C(=O)NC2COc3ccc(S(C)(=O)=O)cc3N(C)C2=O)nc1-c1ccccc1F. The Morgan fingerprint density at radius 2 is 1.97 bits per heavy atom. The molecule has 34 heavy (non-hydrogen) atoms. The summed E-state index contributed by atoms with van der Waals surface area (Å²) in [5, 5.41) is 2.56. The van der Waals surface area contributed by atoms with Crippen molar-refractivity contribution >= 4 is 27.3 Å². The highest BCUT2D eigenvalue weighted by Crippen LogP contribution is 2.33. The minimum atomic E-state index is -3.50. The summed E-state index contributed by atoms with van der Waals surface area (Å²) in [4.78, 5) is 35.4. The van der Waals surface area contributed by atoms with Gasteiger partial charge in [-0.25, -0.2) is 22.8 Å². The molecule has 176 valence electrons. The summed E-state index contributed by atoms with van der Waals surface area (Å²) >= 11 is 0. The molecule has 0 saturated heterocycles. The number of aromatic nitrogens is 2. The van der Waals surface area contributed by atoms with Crippen molar-refractivity contribution in [2.45, 2.75) is 17.9 Å². The quantitative estimate of drug-likeness (QED) is 0.603. The molecule has 3 aromatic rings. The van der Waals surface area contributed by atoms with Crippen LogP contribution in [0.25, 0.3) is 11.3 Å². The molecule has 4 rings (SSSR count). The van der Waals surface area contributed by atoms with Crippen LogP contribution in [-0.2, 0) is 14.6 Å². The number of hydrogen-bond donors (Lipinski definition) is 1. The van der Waals surface area contributed by atoms with E-state index in [1.165, 1.54) is 42.4 Å². The number of amides is 2. The molecule has 2 aromatic carbocycles. The lowest BCUT2D eigenvalue weighted by Gasteiger charge is -2.20. The number of carbonyl (C=O) groups excluding carboxylic acids is 2. The molecular formula is C23H21FN4O5S. The summed E-state index contributed by atoms with van der Waals surface area (Å²) in [6.45, 7) is 1.51. The monoisotopic (exact) mass is 484 g/mol. The topological polar surface area (TPSA) is 119 Å². The number of sulfone groups is 1. The second-order valence-electron chi connectivity index (χ2n) is 7.84. The fourth-order valence-corrected chi connectivity index (χ4v) is 4.15. The third-order valence-corrected chi connectivity index (χ3v) is 6.47. The molecule has 2 amide bonds. The number of halogens is 1. The molecule has 1 atom stereocenters. The van der Waals surface area contributed by atoms with Gasteiger partial charge in [0.2, 0.25) is 5.82 Å². The van der Waals surface area contributed by atoms with Gasteiger partial charge < -0.3 is 15.0 Å². The van der Waals surface area contributed by atoms with Crippen LogP contribution in [0.5, 0.6) is 5.75 Å². The van der Waals surface area contributed by atoms with Gasteiger partial charge >= 0.3 is 0 Å². The van der Waals surface area contributed by atoms with Crippen LogP contribution in [0.3, 0.4) is 0 Å². The molecule has 11 heteroatoms. The number of nitrogens with one attached hydrogen (secondary N) is 1. The molecule has 0 bridgehead atoms.